The summed E-state index contributed by atoms with van der Waals surface area (Å²) in [5.74, 6) is 0.507. The topological polar surface area (TPSA) is 94.8 Å². The van der Waals surface area contributed by atoms with Crippen molar-refractivity contribution in [1.29, 1.82) is 0 Å². The fraction of sp³-hybridized carbons (Fsp3) is 0.261. The van der Waals surface area contributed by atoms with Crippen LogP contribution in [0, 0.1) is 0 Å². The van der Waals surface area contributed by atoms with Crippen molar-refractivity contribution in [3.05, 3.63) is 70.1 Å². The lowest BCUT2D eigenvalue weighted by atomic mass is 9.91. The van der Waals surface area contributed by atoms with Crippen LogP contribution in [0.25, 0.3) is 11.0 Å². The second-order valence-electron chi connectivity index (χ2n) is 7.10. The molecule has 0 saturated carbocycles. The molecular formula is C23H21NO6. The molecule has 0 aliphatic heterocycles. The van der Waals surface area contributed by atoms with Crippen molar-refractivity contribution < 1.29 is 23.5 Å². The van der Waals surface area contributed by atoms with E-state index in [1.807, 2.05) is 6.07 Å². The molecule has 1 N–H and O–H groups in total. The number of hydrogen-bond donors (Lipinski definition) is 1. The van der Waals surface area contributed by atoms with Crippen LogP contribution in [0.2, 0.25) is 0 Å². The van der Waals surface area contributed by atoms with Gasteiger partial charge in [0.05, 0.1) is 6.54 Å². The van der Waals surface area contributed by atoms with Crippen LogP contribution in [0.4, 0.5) is 4.79 Å². The number of aryl methyl sites for hydroxylation is 1. The van der Waals surface area contributed by atoms with Gasteiger partial charge in [-0.2, -0.15) is 0 Å². The quantitative estimate of drug-likeness (QED) is 0.630. The highest BCUT2D eigenvalue weighted by Crippen LogP contribution is 2.29. The molecule has 0 spiro atoms. The van der Waals surface area contributed by atoms with Gasteiger partial charge < -0.3 is 19.2 Å². The van der Waals surface area contributed by atoms with E-state index in [1.165, 1.54) is 6.07 Å². The third-order valence-electron chi connectivity index (χ3n) is 4.98. The predicted octanol–water partition coefficient (Wildman–Crippen LogP) is 3.41. The van der Waals surface area contributed by atoms with Gasteiger partial charge in [0, 0.05) is 17.0 Å². The third kappa shape index (κ3) is 4.51. The van der Waals surface area contributed by atoms with E-state index in [2.05, 4.69) is 5.32 Å². The molecule has 30 heavy (non-hydrogen) atoms. The minimum absolute atomic E-state index is 0.156. The third-order valence-corrected chi connectivity index (χ3v) is 4.98. The molecule has 3 aromatic rings. The van der Waals surface area contributed by atoms with Crippen LogP contribution in [0.3, 0.4) is 0 Å². The number of fused-ring (bicyclic) bond motifs is 3. The Morgan fingerprint density at radius 1 is 0.967 bits per heavy atom. The smallest absolute Gasteiger partial charge is 0.412 e. The average molecular weight is 407 g/mol. The van der Waals surface area contributed by atoms with Crippen LogP contribution in [0.5, 0.6) is 11.5 Å². The first-order valence-corrected chi connectivity index (χ1v) is 9.84. The Balaban J connectivity index is 1.35. The summed E-state index contributed by atoms with van der Waals surface area (Å²) < 4.78 is 16.0. The molecule has 0 atom stereocenters. The lowest BCUT2D eigenvalue weighted by Crippen LogP contribution is -2.34. The monoisotopic (exact) mass is 407 g/mol. The summed E-state index contributed by atoms with van der Waals surface area (Å²) >= 11 is 0. The minimum Gasteiger partial charge on any atom is -0.486 e. The van der Waals surface area contributed by atoms with E-state index in [9.17, 15) is 14.4 Å². The van der Waals surface area contributed by atoms with E-state index in [0.29, 0.717) is 11.3 Å². The number of ether oxygens (including phenoxy) is 2. The number of carbonyl (C=O) groups is 2. The highest BCUT2D eigenvalue weighted by molar-refractivity contribution is 5.86. The van der Waals surface area contributed by atoms with Gasteiger partial charge in [-0.1, -0.05) is 18.2 Å². The summed E-state index contributed by atoms with van der Waals surface area (Å²) in [6.45, 7) is -0.377. The molecule has 0 radical (unpaired) electrons. The fourth-order valence-corrected chi connectivity index (χ4v) is 3.53. The van der Waals surface area contributed by atoms with Crippen LogP contribution in [0.1, 0.15) is 24.0 Å². The highest BCUT2D eigenvalue weighted by atomic mass is 16.6. The molecule has 1 aliphatic carbocycles. The Morgan fingerprint density at radius 3 is 2.53 bits per heavy atom. The van der Waals surface area contributed by atoms with Crippen molar-refractivity contribution in [3.63, 3.8) is 0 Å². The van der Waals surface area contributed by atoms with Gasteiger partial charge >= 0.3 is 11.7 Å². The summed E-state index contributed by atoms with van der Waals surface area (Å²) in [7, 11) is 0. The van der Waals surface area contributed by atoms with Crippen molar-refractivity contribution in [2.75, 3.05) is 13.2 Å². The molecular weight excluding hydrogens is 386 g/mol. The van der Waals surface area contributed by atoms with Gasteiger partial charge in [-0.25, -0.2) is 9.59 Å². The SMILES string of the molecule is O=C(CNC(=O)Oc1ccc2c3c(c(=O)oc2c1)CCCC3)COc1ccccc1. The molecule has 2 aromatic carbocycles. The minimum atomic E-state index is -0.775. The van der Waals surface area contributed by atoms with Crippen LogP contribution in [-0.2, 0) is 17.6 Å². The fourth-order valence-electron chi connectivity index (χ4n) is 3.53. The Labute approximate surface area is 172 Å². The van der Waals surface area contributed by atoms with E-state index >= 15 is 0 Å². The van der Waals surface area contributed by atoms with Crippen molar-refractivity contribution in [1.82, 2.24) is 5.32 Å². The van der Waals surface area contributed by atoms with Gasteiger partial charge in [0.25, 0.3) is 0 Å². The second kappa shape index (κ2) is 8.82. The van der Waals surface area contributed by atoms with E-state index in [0.717, 1.165) is 42.2 Å². The number of para-hydroxylation sites is 1. The van der Waals surface area contributed by atoms with Crippen LogP contribution >= 0.6 is 0 Å². The molecule has 4 rings (SSSR count). The Kier molecular flexibility index (Phi) is 5.79. The van der Waals surface area contributed by atoms with Gasteiger partial charge in [-0.05, 0) is 55.5 Å². The summed E-state index contributed by atoms with van der Waals surface area (Å²) in [5, 5.41) is 3.26. The zero-order valence-corrected chi connectivity index (χ0v) is 16.3. The van der Waals surface area contributed by atoms with Crippen molar-refractivity contribution in [3.8, 4) is 11.5 Å². The van der Waals surface area contributed by atoms with Crippen molar-refractivity contribution >= 4 is 22.8 Å². The van der Waals surface area contributed by atoms with E-state index in [1.54, 1.807) is 36.4 Å². The number of nitrogens with one attached hydrogen (secondary N) is 1. The van der Waals surface area contributed by atoms with E-state index in [-0.39, 0.29) is 30.3 Å². The summed E-state index contributed by atoms with van der Waals surface area (Å²) in [6.07, 6.45) is 2.82. The molecule has 1 aromatic heterocycles. The molecule has 7 heteroatoms. The number of amides is 1. The van der Waals surface area contributed by atoms with Crippen LogP contribution in [-0.4, -0.2) is 25.0 Å². The molecule has 0 bridgehead atoms. The largest absolute Gasteiger partial charge is 0.486 e. The Bertz CT molecular complexity index is 1140. The van der Waals surface area contributed by atoms with Gasteiger partial charge in [0.1, 0.15) is 23.7 Å². The average Bonchev–Trinajstić information content (AvgIpc) is 2.77. The van der Waals surface area contributed by atoms with Gasteiger partial charge in [0.2, 0.25) is 0 Å². The van der Waals surface area contributed by atoms with Gasteiger partial charge in [-0.3, -0.25) is 4.79 Å². The summed E-state index contributed by atoms with van der Waals surface area (Å²) in [6, 6.07) is 13.9. The normalized spacial score (nSPS) is 12.8. The van der Waals surface area contributed by atoms with E-state index < -0.39 is 6.09 Å². The number of benzene rings is 2. The van der Waals surface area contributed by atoms with Crippen LogP contribution in [0.15, 0.2) is 57.7 Å². The van der Waals surface area contributed by atoms with Gasteiger partial charge in [0.15, 0.2) is 5.78 Å². The Hall–Kier alpha value is -3.61. The first kappa shape index (κ1) is 19.7. The lowest BCUT2D eigenvalue weighted by molar-refractivity contribution is -0.120. The van der Waals surface area contributed by atoms with E-state index in [4.69, 9.17) is 13.9 Å². The molecule has 0 unspecified atom stereocenters. The molecule has 0 saturated heterocycles. The number of ketones is 1. The van der Waals surface area contributed by atoms with Gasteiger partial charge in [-0.15, -0.1) is 0 Å². The number of carbonyl (C=O) groups excluding carboxylic acids is 2. The maximum atomic E-state index is 12.2. The molecule has 7 nitrogen and oxygen atoms in total. The second-order valence-corrected chi connectivity index (χ2v) is 7.10. The zero-order chi connectivity index (χ0) is 20.9. The summed E-state index contributed by atoms with van der Waals surface area (Å²) in [4.78, 5) is 36.1. The predicted molar refractivity (Wildman–Crippen MR) is 110 cm³/mol. The van der Waals surface area contributed by atoms with Crippen molar-refractivity contribution in [2.45, 2.75) is 25.7 Å². The first-order chi connectivity index (χ1) is 14.6. The number of Topliss-reactive ketones (excluding diaryl/α,β-unsaturated/α-hetero) is 1. The lowest BCUT2D eigenvalue weighted by Gasteiger charge is -2.16. The standard InChI is InChI=1S/C23H21NO6/c25-15(14-28-16-6-2-1-3-7-16)13-24-23(27)29-17-10-11-19-18-8-4-5-9-20(18)22(26)30-21(19)12-17/h1-3,6-7,10-12H,4-5,8-9,13-14H2,(H,24,27). The maximum absolute atomic E-state index is 12.2. The number of rotatable bonds is 6. The molecule has 154 valence electrons. The molecule has 1 heterocycles. The highest BCUT2D eigenvalue weighted by Gasteiger charge is 2.18. The molecule has 0 fully saturated rings. The Morgan fingerprint density at radius 2 is 1.73 bits per heavy atom. The molecule has 1 aliphatic rings. The summed E-state index contributed by atoms with van der Waals surface area (Å²) in [5.41, 5.74) is 1.82. The number of hydrogen-bond acceptors (Lipinski definition) is 6. The maximum Gasteiger partial charge on any atom is 0.412 e. The first-order valence-electron chi connectivity index (χ1n) is 9.84. The molecule has 1 amide bonds. The van der Waals surface area contributed by atoms with Crippen LogP contribution < -0.4 is 20.4 Å². The van der Waals surface area contributed by atoms with Crippen molar-refractivity contribution in [2.24, 2.45) is 0 Å². The zero-order valence-electron chi connectivity index (χ0n) is 16.3.